The van der Waals surface area contributed by atoms with Crippen molar-refractivity contribution in [1.29, 1.82) is 0 Å². The lowest BCUT2D eigenvalue weighted by atomic mass is 10.2. The second kappa shape index (κ2) is 6.27. The van der Waals surface area contributed by atoms with Crippen LogP contribution in [0.25, 0.3) is 6.08 Å². The molecule has 23 heavy (non-hydrogen) atoms. The number of aromatic hydroxyl groups is 1. The lowest BCUT2D eigenvalue weighted by molar-refractivity contribution is -0.115. The van der Waals surface area contributed by atoms with Gasteiger partial charge in [-0.3, -0.25) is 4.79 Å². The fourth-order valence-electron chi connectivity index (χ4n) is 1.87. The minimum absolute atomic E-state index is 0.240. The number of nitrogens with one attached hydrogen (secondary N) is 1. The smallest absolute Gasteiger partial charge is 0.339 e. The molecule has 1 saturated heterocycles. The first-order chi connectivity index (χ1) is 11.0. The second-order valence-corrected chi connectivity index (χ2v) is 6.51. The van der Waals surface area contributed by atoms with Crippen molar-refractivity contribution in [2.75, 3.05) is 0 Å². The van der Waals surface area contributed by atoms with Gasteiger partial charge in [-0.05, 0) is 47.5 Å². The Morgan fingerprint density at radius 2 is 2.13 bits per heavy atom. The Morgan fingerprint density at radius 3 is 2.83 bits per heavy atom. The van der Waals surface area contributed by atoms with Gasteiger partial charge in [0.25, 0.3) is 5.91 Å². The van der Waals surface area contributed by atoms with Crippen molar-refractivity contribution in [3.8, 4) is 5.75 Å². The Bertz CT molecular complexity index is 841. The van der Waals surface area contributed by atoms with E-state index in [4.69, 9.17) is 5.11 Å². The minimum atomic E-state index is -1.24. The van der Waals surface area contributed by atoms with Crippen molar-refractivity contribution in [1.82, 2.24) is 5.32 Å². The average molecular weight is 346 g/mol. The summed E-state index contributed by atoms with van der Waals surface area (Å²) in [6, 6.07) is 7.78. The zero-order chi connectivity index (χ0) is 16.4. The van der Waals surface area contributed by atoms with Gasteiger partial charge in [0.15, 0.2) is 5.17 Å². The SMILES string of the molecule is O=C1NC(=Nc2ccc(O)c(C(=O)O)c2)S/C1=C\c1cccs1. The van der Waals surface area contributed by atoms with Crippen LogP contribution in [0.2, 0.25) is 0 Å². The van der Waals surface area contributed by atoms with Crippen molar-refractivity contribution in [3.05, 3.63) is 51.1 Å². The van der Waals surface area contributed by atoms with Crippen LogP contribution >= 0.6 is 23.1 Å². The molecule has 0 unspecified atom stereocenters. The Kier molecular flexibility index (Phi) is 4.18. The van der Waals surface area contributed by atoms with Gasteiger partial charge in [0, 0.05) is 4.88 Å². The average Bonchev–Trinajstić information content (AvgIpc) is 3.12. The summed E-state index contributed by atoms with van der Waals surface area (Å²) < 4.78 is 0. The zero-order valence-electron chi connectivity index (χ0n) is 11.5. The molecule has 0 bridgehead atoms. The highest BCUT2D eigenvalue weighted by Gasteiger charge is 2.24. The molecule has 6 nitrogen and oxygen atoms in total. The predicted molar refractivity (Wildman–Crippen MR) is 90.2 cm³/mol. The van der Waals surface area contributed by atoms with Gasteiger partial charge in [-0.1, -0.05) is 6.07 Å². The molecule has 1 aromatic heterocycles. The molecule has 1 amide bonds. The van der Waals surface area contributed by atoms with Crippen LogP contribution in [0, 0.1) is 0 Å². The maximum atomic E-state index is 11.9. The minimum Gasteiger partial charge on any atom is -0.507 e. The normalized spacial score (nSPS) is 17.7. The number of carboxylic acid groups (broad SMARTS) is 1. The number of amidine groups is 1. The highest BCUT2D eigenvalue weighted by atomic mass is 32.2. The van der Waals surface area contributed by atoms with E-state index in [1.165, 1.54) is 41.3 Å². The van der Waals surface area contributed by atoms with E-state index in [2.05, 4.69) is 10.3 Å². The maximum Gasteiger partial charge on any atom is 0.339 e. The molecule has 116 valence electrons. The third-order valence-corrected chi connectivity index (χ3v) is 4.64. The largest absolute Gasteiger partial charge is 0.507 e. The third kappa shape index (κ3) is 3.43. The van der Waals surface area contributed by atoms with Crippen molar-refractivity contribution in [2.24, 2.45) is 4.99 Å². The number of carbonyl (C=O) groups is 2. The number of amides is 1. The topological polar surface area (TPSA) is 99.0 Å². The van der Waals surface area contributed by atoms with Crippen LogP contribution in [-0.2, 0) is 4.79 Å². The van der Waals surface area contributed by atoms with Crippen LogP contribution in [0.4, 0.5) is 5.69 Å². The molecule has 0 spiro atoms. The number of phenols is 1. The molecule has 2 heterocycles. The van der Waals surface area contributed by atoms with Gasteiger partial charge < -0.3 is 15.5 Å². The van der Waals surface area contributed by atoms with Crippen LogP contribution in [0.5, 0.6) is 5.75 Å². The number of aromatic carboxylic acids is 1. The number of carboxylic acids is 1. The summed E-state index contributed by atoms with van der Waals surface area (Å²) in [5.74, 6) is -1.83. The fourth-order valence-corrected chi connectivity index (χ4v) is 3.43. The Balaban J connectivity index is 1.86. The van der Waals surface area contributed by atoms with Gasteiger partial charge in [-0.15, -0.1) is 11.3 Å². The predicted octanol–water partition coefficient (Wildman–Crippen LogP) is 3.04. The number of aliphatic imine (C=N–C) groups is 1. The molecule has 0 radical (unpaired) electrons. The van der Waals surface area contributed by atoms with Gasteiger partial charge in [-0.25, -0.2) is 9.79 Å². The van der Waals surface area contributed by atoms with Gasteiger partial charge in [0.2, 0.25) is 0 Å². The van der Waals surface area contributed by atoms with Crippen LogP contribution in [0.3, 0.4) is 0 Å². The monoisotopic (exact) mass is 346 g/mol. The molecule has 0 aliphatic carbocycles. The Hall–Kier alpha value is -2.58. The summed E-state index contributed by atoms with van der Waals surface area (Å²) in [5, 5.41) is 23.4. The van der Waals surface area contributed by atoms with Crippen LogP contribution in [0.1, 0.15) is 15.2 Å². The molecular formula is C15H10N2O4S2. The summed E-state index contributed by atoms with van der Waals surface area (Å²) in [7, 11) is 0. The molecule has 3 N–H and O–H groups in total. The van der Waals surface area contributed by atoms with E-state index in [1.54, 1.807) is 6.08 Å². The van der Waals surface area contributed by atoms with Crippen LogP contribution in [-0.4, -0.2) is 27.3 Å². The van der Waals surface area contributed by atoms with E-state index in [-0.39, 0.29) is 17.2 Å². The highest BCUT2D eigenvalue weighted by Crippen LogP contribution is 2.30. The first kappa shape index (κ1) is 15.3. The first-order valence-electron chi connectivity index (χ1n) is 6.42. The maximum absolute atomic E-state index is 11.9. The zero-order valence-corrected chi connectivity index (χ0v) is 13.1. The van der Waals surface area contributed by atoms with Gasteiger partial charge in [0.1, 0.15) is 11.3 Å². The van der Waals surface area contributed by atoms with Crippen molar-refractivity contribution in [3.63, 3.8) is 0 Å². The Labute approximate surface area is 139 Å². The molecule has 0 atom stereocenters. The molecule has 1 aliphatic rings. The molecule has 1 aromatic carbocycles. The molecule has 1 aliphatic heterocycles. The lowest BCUT2D eigenvalue weighted by Gasteiger charge is -2.01. The van der Waals surface area contributed by atoms with Gasteiger partial charge in [0.05, 0.1) is 10.6 Å². The van der Waals surface area contributed by atoms with Gasteiger partial charge in [-0.2, -0.15) is 0 Å². The number of rotatable bonds is 3. The van der Waals surface area contributed by atoms with E-state index in [1.807, 2.05) is 17.5 Å². The van der Waals surface area contributed by atoms with Crippen LogP contribution in [0.15, 0.2) is 45.6 Å². The first-order valence-corrected chi connectivity index (χ1v) is 8.12. The number of thioether (sulfide) groups is 1. The second-order valence-electron chi connectivity index (χ2n) is 4.50. The van der Waals surface area contributed by atoms with E-state index in [0.29, 0.717) is 15.8 Å². The Morgan fingerprint density at radius 1 is 1.30 bits per heavy atom. The lowest BCUT2D eigenvalue weighted by Crippen LogP contribution is -2.19. The number of nitrogens with zero attached hydrogens (tertiary/aromatic N) is 1. The van der Waals surface area contributed by atoms with Crippen molar-refractivity contribution < 1.29 is 19.8 Å². The standard InChI is InChI=1S/C15H10N2O4S2/c18-11-4-3-8(6-10(11)14(20)21)16-15-17-13(19)12(23-15)7-9-2-1-5-22-9/h1-7,18H,(H,20,21)(H,16,17,19)/b12-7-. The molecule has 2 aromatic rings. The number of thiophene rings is 1. The molecule has 8 heteroatoms. The third-order valence-electron chi connectivity index (χ3n) is 2.91. The molecule has 0 saturated carbocycles. The van der Waals surface area contributed by atoms with Crippen molar-refractivity contribution in [2.45, 2.75) is 0 Å². The summed E-state index contributed by atoms with van der Waals surface area (Å²) >= 11 is 2.70. The summed E-state index contributed by atoms with van der Waals surface area (Å²) in [6.07, 6.45) is 1.77. The van der Waals surface area contributed by atoms with Crippen molar-refractivity contribution >= 4 is 51.9 Å². The number of hydrogen-bond donors (Lipinski definition) is 3. The van der Waals surface area contributed by atoms with E-state index >= 15 is 0 Å². The quantitative estimate of drug-likeness (QED) is 0.742. The number of hydrogen-bond acceptors (Lipinski definition) is 6. The van der Waals surface area contributed by atoms with Crippen LogP contribution < -0.4 is 5.32 Å². The van der Waals surface area contributed by atoms with E-state index < -0.39 is 5.97 Å². The molecule has 1 fully saturated rings. The summed E-state index contributed by atoms with van der Waals surface area (Å²) in [5.41, 5.74) is 0.0934. The number of carbonyl (C=O) groups excluding carboxylic acids is 1. The molecular weight excluding hydrogens is 336 g/mol. The van der Waals surface area contributed by atoms with E-state index in [0.717, 1.165) is 4.88 Å². The fraction of sp³-hybridized carbons (Fsp3) is 0. The van der Waals surface area contributed by atoms with Gasteiger partial charge >= 0.3 is 5.97 Å². The van der Waals surface area contributed by atoms with E-state index in [9.17, 15) is 14.7 Å². The summed E-state index contributed by atoms with van der Waals surface area (Å²) in [4.78, 5) is 28.6. The molecule has 3 rings (SSSR count). The summed E-state index contributed by atoms with van der Waals surface area (Å²) in [6.45, 7) is 0. The highest BCUT2D eigenvalue weighted by molar-refractivity contribution is 8.18. The number of benzene rings is 1.